The molecule has 0 unspecified atom stereocenters. The highest BCUT2D eigenvalue weighted by molar-refractivity contribution is 6.09. The molecule has 1 aliphatic rings. The normalized spacial score (nSPS) is 13.1. The molecule has 1 heterocycles. The molecule has 30 heavy (non-hydrogen) atoms. The van der Waals surface area contributed by atoms with Gasteiger partial charge in [0.25, 0.3) is 5.91 Å². The minimum Gasteiger partial charge on any atom is -0.493 e. The molecule has 2 aromatic rings. The number of carbonyl (C=O) groups is 3. The van der Waals surface area contributed by atoms with Crippen LogP contribution in [-0.4, -0.2) is 39.1 Å². The number of nitrogens with zero attached hydrogens (tertiary/aromatic N) is 1. The van der Waals surface area contributed by atoms with Gasteiger partial charge in [0, 0.05) is 18.6 Å². The molecule has 1 aliphatic heterocycles. The lowest BCUT2D eigenvalue weighted by molar-refractivity contribution is -0.119. The molecule has 0 saturated carbocycles. The van der Waals surface area contributed by atoms with Crippen LogP contribution in [0.1, 0.15) is 16.8 Å². The maximum atomic E-state index is 12.9. The Bertz CT molecular complexity index is 1000. The molecule has 0 bridgehead atoms. The Morgan fingerprint density at radius 2 is 1.70 bits per heavy atom. The second-order valence-corrected chi connectivity index (χ2v) is 6.20. The maximum absolute atomic E-state index is 12.9. The number of methoxy groups -OCH3 is 3. The smallest absolute Gasteiger partial charge is 0.340 e. The Kier molecular flexibility index (Phi) is 6.21. The standard InChI is InChI=1S/C21H21N3O6/c1-28-17-11-14(21(27)30-3)16(12-18(17)29-2)22-20(26)15-9-10-19(25)24(23-15)13-7-5-4-6-8-13/h4-9,11-12,23H,10H2,1-3H3,(H,22,26). The molecule has 0 saturated heterocycles. The number of benzene rings is 2. The topological polar surface area (TPSA) is 106 Å². The van der Waals surface area contributed by atoms with Crippen LogP contribution < -0.4 is 25.2 Å². The number of nitrogens with one attached hydrogen (secondary N) is 2. The number of hydrazine groups is 1. The zero-order chi connectivity index (χ0) is 21.7. The van der Waals surface area contributed by atoms with Gasteiger partial charge in [-0.25, -0.2) is 9.80 Å². The summed E-state index contributed by atoms with van der Waals surface area (Å²) >= 11 is 0. The van der Waals surface area contributed by atoms with Crippen LogP contribution in [0, 0.1) is 0 Å². The Hall–Kier alpha value is -4.01. The summed E-state index contributed by atoms with van der Waals surface area (Å²) in [6, 6.07) is 11.8. The molecule has 156 valence electrons. The van der Waals surface area contributed by atoms with Crippen molar-refractivity contribution in [3.8, 4) is 11.5 Å². The summed E-state index contributed by atoms with van der Waals surface area (Å²) < 4.78 is 15.3. The van der Waals surface area contributed by atoms with E-state index in [4.69, 9.17) is 14.2 Å². The van der Waals surface area contributed by atoms with Crippen molar-refractivity contribution in [1.29, 1.82) is 0 Å². The predicted octanol–water partition coefficient (Wildman–Crippen LogP) is 2.25. The Morgan fingerprint density at radius 3 is 2.33 bits per heavy atom. The van der Waals surface area contributed by atoms with Crippen LogP contribution in [0.4, 0.5) is 11.4 Å². The molecule has 0 atom stereocenters. The van der Waals surface area contributed by atoms with Crippen LogP contribution in [0.15, 0.2) is 54.2 Å². The van der Waals surface area contributed by atoms with Crippen molar-refractivity contribution in [3.63, 3.8) is 0 Å². The first-order valence-corrected chi connectivity index (χ1v) is 8.99. The van der Waals surface area contributed by atoms with E-state index in [1.807, 2.05) is 6.07 Å². The second-order valence-electron chi connectivity index (χ2n) is 6.20. The van der Waals surface area contributed by atoms with E-state index < -0.39 is 11.9 Å². The number of amides is 2. The number of ether oxygens (including phenoxy) is 3. The van der Waals surface area contributed by atoms with Gasteiger partial charge in [0.15, 0.2) is 11.5 Å². The van der Waals surface area contributed by atoms with E-state index >= 15 is 0 Å². The third-order valence-electron chi connectivity index (χ3n) is 4.40. The van der Waals surface area contributed by atoms with Crippen molar-refractivity contribution < 1.29 is 28.6 Å². The highest BCUT2D eigenvalue weighted by atomic mass is 16.5. The quantitative estimate of drug-likeness (QED) is 0.702. The molecule has 0 fully saturated rings. The first kappa shape index (κ1) is 20.7. The fraction of sp³-hybridized carbons (Fsp3) is 0.190. The molecule has 0 aliphatic carbocycles. The fourth-order valence-electron chi connectivity index (χ4n) is 2.89. The summed E-state index contributed by atoms with van der Waals surface area (Å²) in [5.41, 5.74) is 3.84. The van der Waals surface area contributed by atoms with Crippen LogP contribution in [0.25, 0.3) is 0 Å². The molecule has 0 aromatic heterocycles. The lowest BCUT2D eigenvalue weighted by Crippen LogP contribution is -2.47. The number of para-hydroxylation sites is 1. The molecule has 0 radical (unpaired) electrons. The highest BCUT2D eigenvalue weighted by Crippen LogP contribution is 2.34. The number of carbonyl (C=O) groups excluding carboxylic acids is 3. The Labute approximate surface area is 173 Å². The third kappa shape index (κ3) is 4.19. The number of hydrogen-bond acceptors (Lipinski definition) is 7. The van der Waals surface area contributed by atoms with Crippen LogP contribution in [-0.2, 0) is 14.3 Å². The Morgan fingerprint density at radius 1 is 1.03 bits per heavy atom. The lowest BCUT2D eigenvalue weighted by Gasteiger charge is -2.28. The monoisotopic (exact) mass is 411 g/mol. The van der Waals surface area contributed by atoms with Crippen molar-refractivity contribution in [2.24, 2.45) is 0 Å². The first-order chi connectivity index (χ1) is 14.5. The minimum atomic E-state index is -0.655. The largest absolute Gasteiger partial charge is 0.493 e. The molecular formula is C21H21N3O6. The first-order valence-electron chi connectivity index (χ1n) is 8.99. The number of esters is 1. The summed E-state index contributed by atoms with van der Waals surface area (Å²) in [4.78, 5) is 37.3. The summed E-state index contributed by atoms with van der Waals surface area (Å²) in [7, 11) is 4.11. The average molecular weight is 411 g/mol. The number of hydrogen-bond donors (Lipinski definition) is 2. The van der Waals surface area contributed by atoms with Gasteiger partial charge in [-0.15, -0.1) is 0 Å². The molecule has 0 spiro atoms. The van der Waals surface area contributed by atoms with Crippen LogP contribution in [0.5, 0.6) is 11.5 Å². The van der Waals surface area contributed by atoms with Crippen molar-refractivity contribution in [2.75, 3.05) is 31.7 Å². The highest BCUT2D eigenvalue weighted by Gasteiger charge is 2.26. The number of anilines is 2. The van der Waals surface area contributed by atoms with E-state index in [0.29, 0.717) is 17.2 Å². The van der Waals surface area contributed by atoms with E-state index in [1.54, 1.807) is 24.3 Å². The van der Waals surface area contributed by atoms with E-state index in [9.17, 15) is 14.4 Å². The van der Waals surface area contributed by atoms with Crippen molar-refractivity contribution in [1.82, 2.24) is 5.43 Å². The van der Waals surface area contributed by atoms with Gasteiger partial charge >= 0.3 is 5.97 Å². The van der Waals surface area contributed by atoms with Crippen molar-refractivity contribution in [2.45, 2.75) is 6.42 Å². The molecular weight excluding hydrogens is 390 g/mol. The van der Waals surface area contributed by atoms with Gasteiger partial charge in [-0.05, 0) is 18.2 Å². The molecule has 9 heteroatoms. The SMILES string of the molecule is COC(=O)c1cc(OC)c(OC)cc1NC(=O)C1=CCC(=O)N(c2ccccc2)N1. The van der Waals surface area contributed by atoms with Crippen molar-refractivity contribution >= 4 is 29.2 Å². The minimum absolute atomic E-state index is 0.0421. The zero-order valence-corrected chi connectivity index (χ0v) is 16.7. The van der Waals surface area contributed by atoms with E-state index in [0.717, 1.165) is 0 Å². The van der Waals surface area contributed by atoms with E-state index in [1.165, 1.54) is 44.5 Å². The average Bonchev–Trinajstić information content (AvgIpc) is 2.79. The fourth-order valence-corrected chi connectivity index (χ4v) is 2.89. The van der Waals surface area contributed by atoms with Crippen LogP contribution in [0.3, 0.4) is 0 Å². The molecule has 3 rings (SSSR count). The summed E-state index contributed by atoms with van der Waals surface area (Å²) in [5, 5.41) is 3.96. The van der Waals surface area contributed by atoms with Crippen molar-refractivity contribution in [3.05, 3.63) is 59.8 Å². The van der Waals surface area contributed by atoms with Gasteiger partial charge in [-0.3, -0.25) is 15.0 Å². The Balaban J connectivity index is 1.88. The van der Waals surface area contributed by atoms with Gasteiger partial charge in [0.1, 0.15) is 5.70 Å². The lowest BCUT2D eigenvalue weighted by atomic mass is 10.1. The molecule has 2 aromatic carbocycles. The van der Waals surface area contributed by atoms with Crippen LogP contribution >= 0.6 is 0 Å². The van der Waals surface area contributed by atoms with Gasteiger partial charge in [0.2, 0.25) is 5.91 Å². The van der Waals surface area contributed by atoms with Gasteiger partial charge in [-0.2, -0.15) is 0 Å². The predicted molar refractivity (Wildman–Crippen MR) is 109 cm³/mol. The third-order valence-corrected chi connectivity index (χ3v) is 4.40. The van der Waals surface area contributed by atoms with Gasteiger partial charge in [-0.1, -0.05) is 18.2 Å². The van der Waals surface area contributed by atoms with E-state index in [2.05, 4.69) is 10.7 Å². The van der Waals surface area contributed by atoms with Gasteiger partial charge in [0.05, 0.1) is 38.3 Å². The summed E-state index contributed by atoms with van der Waals surface area (Å²) in [6.45, 7) is 0. The van der Waals surface area contributed by atoms with Gasteiger partial charge < -0.3 is 19.5 Å². The zero-order valence-electron chi connectivity index (χ0n) is 16.7. The van der Waals surface area contributed by atoms with Crippen LogP contribution in [0.2, 0.25) is 0 Å². The molecule has 9 nitrogen and oxygen atoms in total. The van der Waals surface area contributed by atoms with E-state index in [-0.39, 0.29) is 29.3 Å². The maximum Gasteiger partial charge on any atom is 0.340 e. The molecule has 2 N–H and O–H groups in total. The second kappa shape index (κ2) is 8.99. The summed E-state index contributed by atoms with van der Waals surface area (Å²) in [5.74, 6) is -0.767. The summed E-state index contributed by atoms with van der Waals surface area (Å²) in [6.07, 6.45) is 1.52. The number of rotatable bonds is 6. The molecule has 2 amide bonds.